The molecule has 0 saturated carbocycles. The van der Waals surface area contributed by atoms with Gasteiger partial charge in [0.05, 0.1) is 17.2 Å². The number of hydrogen-bond acceptors (Lipinski definition) is 4. The zero-order valence-corrected chi connectivity index (χ0v) is 12.4. The Hall–Kier alpha value is -2.48. The highest BCUT2D eigenvalue weighted by Crippen LogP contribution is 2.14. The summed E-state index contributed by atoms with van der Waals surface area (Å²) in [5.41, 5.74) is 1.45. The first-order valence-corrected chi connectivity index (χ1v) is 6.94. The lowest BCUT2D eigenvalue weighted by atomic mass is 10.3. The van der Waals surface area contributed by atoms with Crippen LogP contribution in [0.1, 0.15) is 16.1 Å². The third kappa shape index (κ3) is 3.16. The zero-order valence-electron chi connectivity index (χ0n) is 10.8. The van der Waals surface area contributed by atoms with Crippen molar-refractivity contribution in [1.29, 1.82) is 0 Å². The number of amides is 1. The molecule has 1 amide bonds. The molecule has 0 fully saturated rings. The fourth-order valence-corrected chi connectivity index (χ4v) is 2.17. The molecule has 0 aliphatic carbocycles. The maximum Gasteiger partial charge on any atom is 0.276 e. The number of hydrogen-bond donors (Lipinski definition) is 2. The summed E-state index contributed by atoms with van der Waals surface area (Å²) >= 11 is 3.24. The number of H-pyrrole nitrogens is 1. The van der Waals surface area contributed by atoms with Gasteiger partial charge in [-0.25, -0.2) is 0 Å². The van der Waals surface area contributed by atoms with Crippen molar-refractivity contribution >= 4 is 27.7 Å². The van der Waals surface area contributed by atoms with E-state index < -0.39 is 0 Å². The molecule has 3 heterocycles. The second kappa shape index (κ2) is 5.88. The smallest absolute Gasteiger partial charge is 0.276 e. The van der Waals surface area contributed by atoms with E-state index in [0.717, 1.165) is 5.56 Å². The first-order valence-electron chi connectivity index (χ1n) is 6.15. The molecule has 0 aliphatic heterocycles. The van der Waals surface area contributed by atoms with Gasteiger partial charge in [-0.05, 0) is 33.6 Å². The number of pyridine rings is 1. The SMILES string of the molecule is O=C(Nc1ccn(Cc2ccncc2)n1)c1[nH]ncc1Br. The summed E-state index contributed by atoms with van der Waals surface area (Å²) in [7, 11) is 0. The second-order valence-electron chi connectivity index (χ2n) is 4.30. The van der Waals surface area contributed by atoms with Crippen LogP contribution < -0.4 is 5.32 Å². The number of carbonyl (C=O) groups excluding carboxylic acids is 1. The van der Waals surface area contributed by atoms with E-state index in [1.807, 2.05) is 12.1 Å². The van der Waals surface area contributed by atoms with Crippen molar-refractivity contribution in [3.05, 3.63) is 58.7 Å². The van der Waals surface area contributed by atoms with E-state index in [0.29, 0.717) is 22.5 Å². The molecule has 3 rings (SSSR count). The number of nitrogens with zero attached hydrogens (tertiary/aromatic N) is 4. The first-order chi connectivity index (χ1) is 10.2. The third-order valence-electron chi connectivity index (χ3n) is 2.80. The molecule has 0 radical (unpaired) electrons. The van der Waals surface area contributed by atoms with Crippen LogP contribution in [0.5, 0.6) is 0 Å². The van der Waals surface area contributed by atoms with Gasteiger partial charge in [-0.3, -0.25) is 19.6 Å². The van der Waals surface area contributed by atoms with Gasteiger partial charge in [0.2, 0.25) is 0 Å². The van der Waals surface area contributed by atoms with E-state index in [-0.39, 0.29) is 5.91 Å². The quantitative estimate of drug-likeness (QED) is 0.756. The third-order valence-corrected chi connectivity index (χ3v) is 3.40. The number of rotatable bonds is 4. The Bertz CT molecular complexity index is 751. The molecule has 21 heavy (non-hydrogen) atoms. The first kappa shape index (κ1) is 13.5. The van der Waals surface area contributed by atoms with E-state index in [2.05, 4.69) is 41.5 Å². The Morgan fingerprint density at radius 3 is 2.86 bits per heavy atom. The maximum absolute atomic E-state index is 12.0. The Morgan fingerprint density at radius 1 is 1.33 bits per heavy atom. The minimum absolute atomic E-state index is 0.298. The van der Waals surface area contributed by atoms with Crippen LogP contribution in [0.2, 0.25) is 0 Å². The number of aromatic amines is 1. The highest BCUT2D eigenvalue weighted by molar-refractivity contribution is 9.10. The molecule has 0 atom stereocenters. The fraction of sp³-hybridized carbons (Fsp3) is 0.0769. The van der Waals surface area contributed by atoms with E-state index in [1.165, 1.54) is 6.20 Å². The summed E-state index contributed by atoms with van der Waals surface area (Å²) in [6.07, 6.45) is 6.80. The molecule has 0 saturated heterocycles. The van der Waals surface area contributed by atoms with Gasteiger partial charge in [0.25, 0.3) is 5.91 Å². The van der Waals surface area contributed by atoms with Gasteiger partial charge in [0.1, 0.15) is 5.69 Å². The maximum atomic E-state index is 12.0. The fourth-order valence-electron chi connectivity index (χ4n) is 1.80. The molecule has 0 unspecified atom stereocenters. The van der Waals surface area contributed by atoms with Gasteiger partial charge in [-0.1, -0.05) is 0 Å². The van der Waals surface area contributed by atoms with E-state index in [1.54, 1.807) is 29.3 Å². The van der Waals surface area contributed by atoms with Crippen molar-refractivity contribution in [2.75, 3.05) is 5.32 Å². The van der Waals surface area contributed by atoms with Crippen molar-refractivity contribution in [1.82, 2.24) is 25.0 Å². The zero-order chi connectivity index (χ0) is 14.7. The van der Waals surface area contributed by atoms with Gasteiger partial charge in [0.15, 0.2) is 5.82 Å². The summed E-state index contributed by atoms with van der Waals surface area (Å²) in [6.45, 7) is 0.617. The van der Waals surface area contributed by atoms with Crippen molar-refractivity contribution in [3.8, 4) is 0 Å². The molecular formula is C13H11BrN6O. The molecule has 8 heteroatoms. The van der Waals surface area contributed by atoms with E-state index in [4.69, 9.17) is 0 Å². The van der Waals surface area contributed by atoms with E-state index >= 15 is 0 Å². The van der Waals surface area contributed by atoms with Gasteiger partial charge < -0.3 is 5.32 Å². The second-order valence-corrected chi connectivity index (χ2v) is 5.16. The van der Waals surface area contributed by atoms with Crippen LogP contribution in [0.15, 0.2) is 47.5 Å². The molecule has 0 spiro atoms. The summed E-state index contributed by atoms with van der Waals surface area (Å²) in [5.74, 6) is 0.184. The number of halogens is 1. The minimum Gasteiger partial charge on any atom is -0.304 e. The molecule has 0 aliphatic rings. The average Bonchev–Trinajstić information content (AvgIpc) is 3.09. The van der Waals surface area contributed by atoms with Gasteiger partial charge in [-0.2, -0.15) is 10.2 Å². The van der Waals surface area contributed by atoms with Crippen molar-refractivity contribution < 1.29 is 4.79 Å². The number of carbonyl (C=O) groups is 1. The highest BCUT2D eigenvalue weighted by Gasteiger charge is 2.13. The number of anilines is 1. The minimum atomic E-state index is -0.298. The highest BCUT2D eigenvalue weighted by atomic mass is 79.9. The van der Waals surface area contributed by atoms with Gasteiger partial charge in [-0.15, -0.1) is 0 Å². The molecule has 106 valence electrons. The lowest BCUT2D eigenvalue weighted by molar-refractivity contribution is 0.102. The van der Waals surface area contributed by atoms with Crippen LogP contribution in [-0.4, -0.2) is 30.9 Å². The summed E-state index contributed by atoms with van der Waals surface area (Å²) < 4.78 is 2.35. The molecule has 0 aromatic carbocycles. The van der Waals surface area contributed by atoms with Crippen LogP contribution in [0.4, 0.5) is 5.82 Å². The Balaban J connectivity index is 1.68. The molecule has 0 bridgehead atoms. The van der Waals surface area contributed by atoms with Crippen molar-refractivity contribution in [2.24, 2.45) is 0 Å². The summed E-state index contributed by atoms with van der Waals surface area (Å²) in [6, 6.07) is 5.58. The lowest BCUT2D eigenvalue weighted by Gasteiger charge is -2.02. The van der Waals surface area contributed by atoms with Gasteiger partial charge >= 0.3 is 0 Å². The summed E-state index contributed by atoms with van der Waals surface area (Å²) in [5, 5.41) is 13.4. The normalized spacial score (nSPS) is 10.5. The Morgan fingerprint density at radius 2 is 2.14 bits per heavy atom. The van der Waals surface area contributed by atoms with Crippen LogP contribution in [0, 0.1) is 0 Å². The number of nitrogens with one attached hydrogen (secondary N) is 2. The molecule has 7 nitrogen and oxygen atoms in total. The van der Waals surface area contributed by atoms with Crippen LogP contribution in [0.3, 0.4) is 0 Å². The standard InChI is InChI=1S/C13H11BrN6O/c14-10-7-16-18-12(10)13(21)17-11-3-6-20(19-11)8-9-1-4-15-5-2-9/h1-7H,8H2,(H,16,18)(H,17,19,21). The predicted octanol–water partition coefficient (Wildman–Crippen LogP) is 2.06. The Kier molecular flexibility index (Phi) is 3.78. The molecule has 3 aromatic rings. The van der Waals surface area contributed by atoms with Gasteiger partial charge in [0, 0.05) is 24.7 Å². The van der Waals surface area contributed by atoms with Crippen molar-refractivity contribution in [3.63, 3.8) is 0 Å². The van der Waals surface area contributed by atoms with Crippen LogP contribution in [-0.2, 0) is 6.54 Å². The summed E-state index contributed by atoms with van der Waals surface area (Å²) in [4.78, 5) is 16.0. The number of aromatic nitrogens is 5. The Labute approximate surface area is 128 Å². The predicted molar refractivity (Wildman–Crippen MR) is 79.8 cm³/mol. The molecular weight excluding hydrogens is 336 g/mol. The molecule has 3 aromatic heterocycles. The topological polar surface area (TPSA) is 88.5 Å². The van der Waals surface area contributed by atoms with Crippen LogP contribution >= 0.6 is 15.9 Å². The monoisotopic (exact) mass is 346 g/mol. The van der Waals surface area contributed by atoms with Crippen molar-refractivity contribution in [2.45, 2.75) is 6.54 Å². The van der Waals surface area contributed by atoms with E-state index in [9.17, 15) is 4.79 Å². The van der Waals surface area contributed by atoms with Crippen LogP contribution in [0.25, 0.3) is 0 Å². The largest absolute Gasteiger partial charge is 0.304 e. The average molecular weight is 347 g/mol. The molecule has 2 N–H and O–H groups in total. The lowest BCUT2D eigenvalue weighted by Crippen LogP contribution is -2.14.